The number of rotatable bonds is 6. The average molecular weight is 514 g/mol. The molecule has 1 atom stereocenters. The molecule has 5 nitrogen and oxygen atoms in total. The summed E-state index contributed by atoms with van der Waals surface area (Å²) in [5.41, 5.74) is 1.13. The minimum atomic E-state index is 0. The van der Waals surface area contributed by atoms with Crippen LogP contribution in [0, 0.1) is 0 Å². The minimum absolute atomic E-state index is 0. The number of piperazine rings is 1. The maximum Gasteiger partial charge on any atom is 0.191 e. The van der Waals surface area contributed by atoms with Crippen molar-refractivity contribution in [3.63, 3.8) is 0 Å². The molecule has 0 radical (unpaired) electrons. The van der Waals surface area contributed by atoms with Crippen LogP contribution < -0.4 is 10.6 Å². The first-order chi connectivity index (χ1) is 12.0. The van der Waals surface area contributed by atoms with Gasteiger partial charge in [-0.05, 0) is 44.6 Å². The van der Waals surface area contributed by atoms with Gasteiger partial charge in [-0.25, -0.2) is 0 Å². The first-order valence-corrected chi connectivity index (χ1v) is 9.52. The lowest BCUT2D eigenvalue weighted by Crippen LogP contribution is -2.55. The molecule has 1 fully saturated rings. The number of hydrogen-bond acceptors (Lipinski definition) is 3. The summed E-state index contributed by atoms with van der Waals surface area (Å²) in [5.74, 6) is 0.851. The highest BCUT2D eigenvalue weighted by Crippen LogP contribution is 2.21. The number of likely N-dealkylation sites (N-methyl/N-ethyl adjacent to an activating group) is 2. The number of benzene rings is 1. The second-order valence-electron chi connectivity index (χ2n) is 6.62. The molecule has 0 spiro atoms. The van der Waals surface area contributed by atoms with Crippen molar-refractivity contribution in [2.75, 3.05) is 53.9 Å². The average Bonchev–Trinajstić information content (AvgIpc) is 2.58. The van der Waals surface area contributed by atoms with Crippen molar-refractivity contribution >= 4 is 53.1 Å². The SMILES string of the molecule is CN=C(NCCCc1ccc(Cl)cc1Cl)NCC1CN(C)CCN1C.I. The molecule has 1 aromatic rings. The lowest BCUT2D eigenvalue weighted by atomic mass is 10.1. The fourth-order valence-corrected chi connectivity index (χ4v) is 3.47. The molecule has 0 amide bonds. The van der Waals surface area contributed by atoms with E-state index in [1.807, 2.05) is 19.2 Å². The zero-order valence-electron chi connectivity index (χ0n) is 15.8. The van der Waals surface area contributed by atoms with Crippen LogP contribution in [0.4, 0.5) is 0 Å². The lowest BCUT2D eigenvalue weighted by molar-refractivity contribution is 0.116. The highest BCUT2D eigenvalue weighted by molar-refractivity contribution is 14.0. The largest absolute Gasteiger partial charge is 0.356 e. The topological polar surface area (TPSA) is 42.9 Å². The van der Waals surface area contributed by atoms with Gasteiger partial charge in [-0.3, -0.25) is 9.89 Å². The Balaban J connectivity index is 0.00000338. The fourth-order valence-electron chi connectivity index (χ4n) is 2.97. The molecule has 1 heterocycles. The van der Waals surface area contributed by atoms with Gasteiger partial charge in [0.1, 0.15) is 0 Å². The third kappa shape index (κ3) is 7.76. The normalized spacial score (nSPS) is 19.1. The highest BCUT2D eigenvalue weighted by Gasteiger charge is 2.21. The van der Waals surface area contributed by atoms with E-state index in [1.54, 1.807) is 6.07 Å². The molecular formula is C18H30Cl2IN5. The van der Waals surface area contributed by atoms with E-state index < -0.39 is 0 Å². The summed E-state index contributed by atoms with van der Waals surface area (Å²) >= 11 is 12.1. The second-order valence-corrected chi connectivity index (χ2v) is 7.46. The second kappa shape index (κ2) is 12.2. The van der Waals surface area contributed by atoms with Gasteiger partial charge in [-0.2, -0.15) is 0 Å². The Morgan fingerprint density at radius 3 is 2.69 bits per heavy atom. The minimum Gasteiger partial charge on any atom is -0.356 e. The quantitative estimate of drug-likeness (QED) is 0.265. The number of aryl methyl sites for hydroxylation is 1. The zero-order valence-corrected chi connectivity index (χ0v) is 19.6. The molecule has 26 heavy (non-hydrogen) atoms. The Morgan fingerprint density at radius 2 is 2.00 bits per heavy atom. The number of nitrogens with one attached hydrogen (secondary N) is 2. The van der Waals surface area contributed by atoms with Gasteiger partial charge in [0.15, 0.2) is 5.96 Å². The van der Waals surface area contributed by atoms with Crippen LogP contribution in [-0.4, -0.2) is 75.7 Å². The number of hydrogen-bond donors (Lipinski definition) is 2. The van der Waals surface area contributed by atoms with E-state index >= 15 is 0 Å². The van der Waals surface area contributed by atoms with Crippen LogP contribution in [-0.2, 0) is 6.42 Å². The van der Waals surface area contributed by atoms with E-state index in [9.17, 15) is 0 Å². The van der Waals surface area contributed by atoms with Crippen molar-refractivity contribution in [3.05, 3.63) is 33.8 Å². The molecule has 0 saturated carbocycles. The van der Waals surface area contributed by atoms with Gasteiger partial charge < -0.3 is 15.5 Å². The summed E-state index contributed by atoms with van der Waals surface area (Å²) in [6.07, 6.45) is 1.89. The molecule has 0 aromatic heterocycles. The van der Waals surface area contributed by atoms with Crippen LogP contribution in [0.5, 0.6) is 0 Å². The molecule has 2 rings (SSSR count). The Bertz CT molecular complexity index is 585. The van der Waals surface area contributed by atoms with Crippen LogP contribution in [0.2, 0.25) is 10.0 Å². The Kier molecular flexibility index (Phi) is 11.2. The lowest BCUT2D eigenvalue weighted by Gasteiger charge is -2.37. The molecule has 148 valence electrons. The van der Waals surface area contributed by atoms with E-state index in [2.05, 4.69) is 39.5 Å². The first kappa shape index (κ1) is 23.8. The Hall–Kier alpha value is -0.280. The summed E-state index contributed by atoms with van der Waals surface area (Å²) < 4.78 is 0. The zero-order chi connectivity index (χ0) is 18.2. The molecule has 1 unspecified atom stereocenters. The van der Waals surface area contributed by atoms with Crippen LogP contribution in [0.1, 0.15) is 12.0 Å². The predicted octanol–water partition coefficient (Wildman–Crippen LogP) is 2.95. The third-order valence-electron chi connectivity index (χ3n) is 4.64. The Morgan fingerprint density at radius 1 is 1.23 bits per heavy atom. The van der Waals surface area contributed by atoms with Gasteiger partial charge in [0.2, 0.25) is 0 Å². The van der Waals surface area contributed by atoms with Crippen LogP contribution in [0.15, 0.2) is 23.2 Å². The number of aliphatic imine (C=N–C) groups is 1. The number of halogens is 3. The van der Waals surface area contributed by atoms with Crippen molar-refractivity contribution in [1.29, 1.82) is 0 Å². The van der Waals surface area contributed by atoms with E-state index in [1.165, 1.54) is 0 Å². The maximum absolute atomic E-state index is 6.21. The van der Waals surface area contributed by atoms with Crippen molar-refractivity contribution in [1.82, 2.24) is 20.4 Å². The predicted molar refractivity (Wildman–Crippen MR) is 123 cm³/mol. The van der Waals surface area contributed by atoms with Gasteiger partial charge >= 0.3 is 0 Å². The van der Waals surface area contributed by atoms with E-state index in [-0.39, 0.29) is 24.0 Å². The molecule has 1 aromatic carbocycles. The van der Waals surface area contributed by atoms with Gasteiger partial charge in [0, 0.05) is 55.9 Å². The molecule has 2 N–H and O–H groups in total. The van der Waals surface area contributed by atoms with Crippen molar-refractivity contribution < 1.29 is 0 Å². The van der Waals surface area contributed by atoms with Gasteiger partial charge in [0.25, 0.3) is 0 Å². The van der Waals surface area contributed by atoms with Gasteiger partial charge in [0.05, 0.1) is 0 Å². The standard InChI is InChI=1S/C18H29Cl2N5.HI/c1-21-18(23-12-16-13-24(2)9-10-25(16)3)22-8-4-5-14-6-7-15(19)11-17(14)20;/h6-7,11,16H,4-5,8-10,12-13H2,1-3H3,(H2,21,22,23);1H. The molecule has 0 bridgehead atoms. The molecule has 1 saturated heterocycles. The molecule has 1 aliphatic rings. The van der Waals surface area contributed by atoms with E-state index in [0.29, 0.717) is 11.1 Å². The Labute approximate surface area is 184 Å². The molecular weight excluding hydrogens is 484 g/mol. The number of nitrogens with zero attached hydrogens (tertiary/aromatic N) is 3. The van der Waals surface area contributed by atoms with Gasteiger partial charge in [-0.15, -0.1) is 24.0 Å². The summed E-state index contributed by atoms with van der Waals surface area (Å²) in [7, 11) is 6.17. The first-order valence-electron chi connectivity index (χ1n) is 8.77. The molecule has 0 aliphatic carbocycles. The smallest absolute Gasteiger partial charge is 0.191 e. The molecule has 1 aliphatic heterocycles. The number of guanidine groups is 1. The summed E-state index contributed by atoms with van der Waals surface area (Å²) in [5, 5.41) is 8.22. The summed E-state index contributed by atoms with van der Waals surface area (Å²) in [6.45, 7) is 5.06. The van der Waals surface area contributed by atoms with E-state index in [4.69, 9.17) is 23.2 Å². The van der Waals surface area contributed by atoms with Gasteiger partial charge in [-0.1, -0.05) is 29.3 Å². The van der Waals surface area contributed by atoms with E-state index in [0.717, 1.165) is 62.1 Å². The monoisotopic (exact) mass is 513 g/mol. The van der Waals surface area contributed by atoms with Crippen LogP contribution >= 0.6 is 47.2 Å². The van der Waals surface area contributed by atoms with Crippen molar-refractivity contribution in [2.24, 2.45) is 4.99 Å². The van der Waals surface area contributed by atoms with Crippen LogP contribution in [0.25, 0.3) is 0 Å². The van der Waals surface area contributed by atoms with Crippen molar-refractivity contribution in [3.8, 4) is 0 Å². The highest BCUT2D eigenvalue weighted by atomic mass is 127. The van der Waals surface area contributed by atoms with Crippen LogP contribution in [0.3, 0.4) is 0 Å². The maximum atomic E-state index is 6.21. The third-order valence-corrected chi connectivity index (χ3v) is 5.23. The summed E-state index contributed by atoms with van der Waals surface area (Å²) in [6, 6.07) is 6.18. The summed E-state index contributed by atoms with van der Waals surface area (Å²) in [4.78, 5) is 9.09. The molecule has 8 heteroatoms. The van der Waals surface area contributed by atoms with Crippen molar-refractivity contribution in [2.45, 2.75) is 18.9 Å². The fraction of sp³-hybridized carbons (Fsp3) is 0.611.